The Morgan fingerprint density at radius 2 is 1.89 bits per heavy atom. The standard InChI is InChI=1S/C18H31N3O6/c1-6-11(2)14(16(24)25)20-15(23)12-8-7-9-21(12)13(22)10-19-17(26)27-18(3,4)5/h11-12,14H,6-10H2,1-5H3,(H,19,26)(H,20,23)(H,24,25). The maximum atomic E-state index is 12.5. The molecule has 3 unspecified atom stereocenters. The van der Waals surface area contributed by atoms with Crippen LogP contribution in [0.5, 0.6) is 0 Å². The fourth-order valence-electron chi connectivity index (χ4n) is 2.83. The number of hydrogen-bond acceptors (Lipinski definition) is 5. The maximum absolute atomic E-state index is 12.5. The Labute approximate surface area is 159 Å². The average molecular weight is 385 g/mol. The number of carboxylic acids is 1. The summed E-state index contributed by atoms with van der Waals surface area (Å²) in [7, 11) is 0. The number of carbonyl (C=O) groups excluding carboxylic acids is 3. The van der Waals surface area contributed by atoms with E-state index in [1.807, 2.05) is 6.92 Å². The molecule has 1 heterocycles. The first-order valence-electron chi connectivity index (χ1n) is 9.25. The molecule has 1 aliphatic rings. The number of nitrogens with zero attached hydrogens (tertiary/aromatic N) is 1. The molecule has 27 heavy (non-hydrogen) atoms. The van der Waals surface area contributed by atoms with Crippen LogP contribution in [-0.2, 0) is 19.1 Å². The summed E-state index contributed by atoms with van der Waals surface area (Å²) < 4.78 is 5.08. The van der Waals surface area contributed by atoms with Crippen molar-refractivity contribution in [2.45, 2.75) is 71.6 Å². The Kier molecular flexibility index (Phi) is 8.05. The Bertz CT molecular complexity index is 572. The average Bonchev–Trinajstić information content (AvgIpc) is 3.04. The fraction of sp³-hybridized carbons (Fsp3) is 0.778. The Morgan fingerprint density at radius 3 is 2.41 bits per heavy atom. The highest BCUT2D eigenvalue weighted by Gasteiger charge is 2.36. The van der Waals surface area contributed by atoms with Crippen molar-refractivity contribution >= 4 is 23.9 Å². The van der Waals surface area contributed by atoms with Crippen molar-refractivity contribution in [3.63, 3.8) is 0 Å². The van der Waals surface area contributed by atoms with E-state index < -0.39 is 41.6 Å². The van der Waals surface area contributed by atoms with Gasteiger partial charge in [0.15, 0.2) is 0 Å². The molecule has 1 saturated heterocycles. The van der Waals surface area contributed by atoms with E-state index in [-0.39, 0.29) is 12.5 Å². The highest BCUT2D eigenvalue weighted by atomic mass is 16.6. The second kappa shape index (κ2) is 9.57. The van der Waals surface area contributed by atoms with Crippen LogP contribution in [0.25, 0.3) is 0 Å². The lowest BCUT2D eigenvalue weighted by Gasteiger charge is -2.27. The molecular formula is C18H31N3O6. The molecule has 0 aromatic carbocycles. The van der Waals surface area contributed by atoms with Gasteiger partial charge in [-0.2, -0.15) is 0 Å². The predicted octanol–water partition coefficient (Wildman–Crippen LogP) is 1.12. The number of nitrogens with one attached hydrogen (secondary N) is 2. The SMILES string of the molecule is CCC(C)C(NC(=O)C1CCCN1C(=O)CNC(=O)OC(C)(C)C)C(=O)O. The lowest BCUT2D eigenvalue weighted by atomic mass is 9.99. The van der Waals surface area contributed by atoms with Gasteiger partial charge in [0.2, 0.25) is 11.8 Å². The Morgan fingerprint density at radius 1 is 1.26 bits per heavy atom. The van der Waals surface area contributed by atoms with Crippen molar-refractivity contribution in [3.05, 3.63) is 0 Å². The third-order valence-corrected chi connectivity index (χ3v) is 4.44. The summed E-state index contributed by atoms with van der Waals surface area (Å²) >= 11 is 0. The molecule has 3 N–H and O–H groups in total. The van der Waals surface area contributed by atoms with Crippen LogP contribution in [0.1, 0.15) is 53.9 Å². The quantitative estimate of drug-likeness (QED) is 0.603. The van der Waals surface area contributed by atoms with E-state index in [4.69, 9.17) is 4.74 Å². The number of hydrogen-bond donors (Lipinski definition) is 3. The van der Waals surface area contributed by atoms with E-state index >= 15 is 0 Å². The Balaban J connectivity index is 2.66. The van der Waals surface area contributed by atoms with E-state index in [2.05, 4.69) is 10.6 Å². The van der Waals surface area contributed by atoms with E-state index in [0.717, 1.165) is 0 Å². The van der Waals surface area contributed by atoms with E-state index in [0.29, 0.717) is 25.8 Å². The lowest BCUT2D eigenvalue weighted by Crippen LogP contribution is -2.54. The van der Waals surface area contributed by atoms with Gasteiger partial charge in [-0.25, -0.2) is 9.59 Å². The van der Waals surface area contributed by atoms with Crippen molar-refractivity contribution in [1.82, 2.24) is 15.5 Å². The van der Waals surface area contributed by atoms with Crippen LogP contribution in [0.2, 0.25) is 0 Å². The van der Waals surface area contributed by atoms with Crippen molar-refractivity contribution in [3.8, 4) is 0 Å². The zero-order chi connectivity index (χ0) is 20.8. The van der Waals surface area contributed by atoms with Crippen LogP contribution in [-0.4, -0.2) is 64.7 Å². The number of amides is 3. The second-order valence-electron chi connectivity index (χ2n) is 7.81. The van der Waals surface area contributed by atoms with Crippen LogP contribution in [0.15, 0.2) is 0 Å². The molecule has 1 fully saturated rings. The van der Waals surface area contributed by atoms with Gasteiger partial charge in [-0.3, -0.25) is 9.59 Å². The van der Waals surface area contributed by atoms with Crippen LogP contribution < -0.4 is 10.6 Å². The number of rotatable bonds is 7. The molecule has 0 aliphatic carbocycles. The lowest BCUT2D eigenvalue weighted by molar-refractivity contribution is -0.145. The van der Waals surface area contributed by atoms with Gasteiger partial charge in [0.25, 0.3) is 0 Å². The zero-order valence-corrected chi connectivity index (χ0v) is 16.7. The smallest absolute Gasteiger partial charge is 0.408 e. The molecule has 1 rings (SSSR count). The van der Waals surface area contributed by atoms with Crippen molar-refractivity contribution < 1.29 is 29.0 Å². The molecule has 0 saturated carbocycles. The van der Waals surface area contributed by atoms with Gasteiger partial charge in [0.1, 0.15) is 24.2 Å². The fourth-order valence-corrected chi connectivity index (χ4v) is 2.83. The summed E-state index contributed by atoms with van der Waals surface area (Å²) in [6.07, 6.45) is 0.984. The van der Waals surface area contributed by atoms with E-state index in [1.54, 1.807) is 27.7 Å². The number of carbonyl (C=O) groups is 4. The third-order valence-electron chi connectivity index (χ3n) is 4.44. The number of aliphatic carboxylic acids is 1. The summed E-state index contributed by atoms with van der Waals surface area (Å²) in [5, 5.41) is 14.3. The van der Waals surface area contributed by atoms with Crippen molar-refractivity contribution in [2.75, 3.05) is 13.1 Å². The molecule has 9 nitrogen and oxygen atoms in total. The van der Waals surface area contributed by atoms with Crippen LogP contribution in [0.3, 0.4) is 0 Å². The molecule has 0 aromatic rings. The van der Waals surface area contributed by atoms with Gasteiger partial charge in [0, 0.05) is 6.54 Å². The minimum atomic E-state index is -1.10. The van der Waals surface area contributed by atoms with Crippen LogP contribution >= 0.6 is 0 Å². The monoisotopic (exact) mass is 385 g/mol. The van der Waals surface area contributed by atoms with Crippen LogP contribution in [0.4, 0.5) is 4.79 Å². The molecule has 154 valence electrons. The summed E-state index contributed by atoms with van der Waals surface area (Å²) in [6.45, 7) is 8.84. The first kappa shape index (κ1) is 22.7. The topological polar surface area (TPSA) is 125 Å². The van der Waals surface area contributed by atoms with E-state index in [1.165, 1.54) is 4.90 Å². The summed E-state index contributed by atoms with van der Waals surface area (Å²) in [5.74, 6) is -2.22. The number of ether oxygens (including phenoxy) is 1. The molecule has 1 aliphatic heterocycles. The number of carboxylic acid groups (broad SMARTS) is 1. The van der Waals surface area contributed by atoms with Crippen molar-refractivity contribution in [2.24, 2.45) is 5.92 Å². The molecule has 9 heteroatoms. The van der Waals surface area contributed by atoms with Gasteiger partial charge in [0.05, 0.1) is 0 Å². The summed E-state index contributed by atoms with van der Waals surface area (Å²) in [6, 6.07) is -1.73. The molecule has 3 atom stereocenters. The second-order valence-corrected chi connectivity index (χ2v) is 7.81. The zero-order valence-electron chi connectivity index (χ0n) is 16.7. The molecule has 3 amide bonds. The van der Waals surface area contributed by atoms with Gasteiger partial charge in [-0.05, 0) is 39.5 Å². The first-order chi connectivity index (χ1) is 12.5. The predicted molar refractivity (Wildman–Crippen MR) is 98.0 cm³/mol. The van der Waals surface area contributed by atoms with Crippen molar-refractivity contribution in [1.29, 1.82) is 0 Å². The number of alkyl carbamates (subject to hydrolysis) is 1. The highest BCUT2D eigenvalue weighted by molar-refractivity contribution is 5.92. The third kappa shape index (κ3) is 7.07. The molecule has 0 radical (unpaired) electrons. The number of likely N-dealkylation sites (tertiary alicyclic amines) is 1. The van der Waals surface area contributed by atoms with Gasteiger partial charge in [-0.1, -0.05) is 20.3 Å². The minimum Gasteiger partial charge on any atom is -0.480 e. The normalized spacial score (nSPS) is 19.1. The summed E-state index contributed by atoms with van der Waals surface area (Å²) in [5.41, 5.74) is -0.676. The van der Waals surface area contributed by atoms with Crippen LogP contribution in [0, 0.1) is 5.92 Å². The molecular weight excluding hydrogens is 354 g/mol. The minimum absolute atomic E-state index is 0.231. The first-order valence-corrected chi connectivity index (χ1v) is 9.25. The molecule has 0 spiro atoms. The Hall–Kier alpha value is -2.32. The highest BCUT2D eigenvalue weighted by Crippen LogP contribution is 2.18. The molecule has 0 bridgehead atoms. The van der Waals surface area contributed by atoms with E-state index in [9.17, 15) is 24.3 Å². The van der Waals surface area contributed by atoms with Gasteiger partial charge in [-0.15, -0.1) is 0 Å². The summed E-state index contributed by atoms with van der Waals surface area (Å²) in [4.78, 5) is 49.4. The van der Waals surface area contributed by atoms with Gasteiger partial charge < -0.3 is 25.4 Å². The maximum Gasteiger partial charge on any atom is 0.408 e. The molecule has 0 aromatic heterocycles. The van der Waals surface area contributed by atoms with Gasteiger partial charge >= 0.3 is 12.1 Å². The largest absolute Gasteiger partial charge is 0.480 e.